The Labute approximate surface area is 316 Å². The Balaban J connectivity index is 0.000000207. The van der Waals surface area contributed by atoms with E-state index in [9.17, 15) is 33.6 Å². The summed E-state index contributed by atoms with van der Waals surface area (Å²) in [6.45, 7) is 10.7. The van der Waals surface area contributed by atoms with E-state index in [4.69, 9.17) is 0 Å². The van der Waals surface area contributed by atoms with Gasteiger partial charge in [-0.25, -0.2) is 29.3 Å². The van der Waals surface area contributed by atoms with Crippen LogP contribution in [-0.4, -0.2) is 67.2 Å². The normalized spacial score (nSPS) is 10.9. The number of nitrogens with zero attached hydrogens (tertiary/aromatic N) is 10. The van der Waals surface area contributed by atoms with Crippen molar-refractivity contribution in [3.63, 3.8) is 0 Å². The molecule has 0 radical (unpaired) electrons. The molecule has 6 aromatic heterocycles. The van der Waals surface area contributed by atoms with Gasteiger partial charge < -0.3 is 19.3 Å². The number of carbonyl (C=O) groups excluding carboxylic acids is 1. The zero-order valence-corrected chi connectivity index (χ0v) is 33.8. The Morgan fingerprint density at radius 2 is 1.21 bits per heavy atom. The Hall–Kier alpha value is -5.09. The Kier molecular flexibility index (Phi) is 14.5. The summed E-state index contributed by atoms with van der Waals surface area (Å²) >= 11 is 2.34. The highest BCUT2D eigenvalue weighted by Gasteiger charge is 2.15. The largest absolute Gasteiger partial charge is 0.339 e. The van der Waals surface area contributed by atoms with Crippen LogP contribution in [0, 0.1) is 5.92 Å². The second-order valence-corrected chi connectivity index (χ2v) is 15.5. The van der Waals surface area contributed by atoms with E-state index in [0.29, 0.717) is 71.8 Å². The van der Waals surface area contributed by atoms with Gasteiger partial charge in [-0.3, -0.25) is 41.8 Å². The molecule has 286 valence electrons. The lowest BCUT2D eigenvalue weighted by molar-refractivity contribution is -0.117. The van der Waals surface area contributed by atoms with E-state index >= 15 is 0 Å². The summed E-state index contributed by atoms with van der Waals surface area (Å²) in [5, 5.41) is 0. The van der Waals surface area contributed by atoms with Gasteiger partial charge in [-0.2, -0.15) is 22.4 Å². The summed E-state index contributed by atoms with van der Waals surface area (Å²) < 4.78 is 10.0. The molecule has 19 nitrogen and oxygen atoms in total. The lowest BCUT2D eigenvalue weighted by atomic mass is 9.87. The van der Waals surface area contributed by atoms with Crippen molar-refractivity contribution < 1.29 is 4.79 Å². The van der Waals surface area contributed by atoms with Crippen molar-refractivity contribution in [1.82, 2.24) is 56.9 Å². The van der Waals surface area contributed by atoms with Gasteiger partial charge in [-0.05, 0) is 25.7 Å². The molecule has 0 aromatic carbocycles. The smallest absolute Gasteiger partial charge is 0.332 e. The van der Waals surface area contributed by atoms with Crippen LogP contribution in [0.4, 0.5) is 0 Å². The number of halogens is 1. The minimum absolute atomic E-state index is 0.118. The summed E-state index contributed by atoms with van der Waals surface area (Å²) in [7, 11) is 7.81. The molecule has 0 atom stereocenters. The number of hydrogen-bond donors (Lipinski definition) is 2. The van der Waals surface area contributed by atoms with Crippen molar-refractivity contribution in [3.05, 3.63) is 81.5 Å². The molecule has 6 aromatic rings. The van der Waals surface area contributed by atoms with E-state index in [1.54, 1.807) is 25.7 Å². The fourth-order valence-electron chi connectivity index (χ4n) is 5.21. The maximum atomic E-state index is 12.3. The molecule has 0 spiro atoms. The minimum atomic E-state index is -0.371. The van der Waals surface area contributed by atoms with Gasteiger partial charge in [0.25, 0.3) is 16.7 Å². The molecule has 6 heterocycles. The molecule has 6 rings (SSSR count). The Bertz CT molecular complexity index is 2590. The van der Waals surface area contributed by atoms with E-state index in [2.05, 4.69) is 60.9 Å². The van der Waals surface area contributed by atoms with Crippen LogP contribution < -0.4 is 33.7 Å². The molecule has 0 aliphatic carbocycles. The van der Waals surface area contributed by atoms with E-state index in [-0.39, 0.29) is 39.5 Å². The van der Waals surface area contributed by atoms with E-state index < -0.39 is 0 Å². The van der Waals surface area contributed by atoms with Crippen molar-refractivity contribution in [1.29, 1.82) is 0 Å². The predicted octanol–water partition coefficient (Wildman–Crippen LogP) is 0.905. The third-order valence-electron chi connectivity index (χ3n) is 7.85. The summed E-state index contributed by atoms with van der Waals surface area (Å²) in [4.78, 5) is 99.2. The first-order chi connectivity index (χ1) is 24.8. The molecule has 0 unspecified atom stereocenters. The molecule has 0 aliphatic heterocycles. The molecule has 2 N–H and O–H groups in total. The number of Topliss-reactive ketones (excluding diaryl/α,β-unsaturated/α-hetero) is 1. The number of fused-ring (bicyclic) bond motifs is 3. The number of carbonyl (C=O) groups is 1. The quantitative estimate of drug-likeness (QED) is 0.131. The lowest BCUT2D eigenvalue weighted by Crippen LogP contribution is -2.39. The van der Waals surface area contributed by atoms with Crippen molar-refractivity contribution in [2.75, 3.05) is 0 Å². The second kappa shape index (κ2) is 18.1. The first-order valence-electron chi connectivity index (χ1n) is 16.8. The van der Waals surface area contributed by atoms with Gasteiger partial charge >= 0.3 is 17.1 Å². The summed E-state index contributed by atoms with van der Waals surface area (Å²) in [6, 6.07) is 0. The van der Waals surface area contributed by atoms with Crippen LogP contribution in [0.1, 0.15) is 40.0 Å². The SMILES string of the molecule is CB(C)I.CC(=O)CCCCn1c(=O)c2c(ncn2C)n(C)c1=O.CC(C)Cn1c(=O)n(C)c(=O)c2[nH]cnc21.Cn1c(=O)c2[nH]cnc2n(C)c1=O. The number of nitrogens with one attached hydrogen (secondary N) is 2. The van der Waals surface area contributed by atoms with Gasteiger partial charge in [0.2, 0.25) is 4.57 Å². The fraction of sp³-hybridized carbons (Fsp3) is 0.500. The van der Waals surface area contributed by atoms with Crippen LogP contribution in [-0.2, 0) is 53.1 Å². The molecular weight excluding hydrogens is 802 g/mol. The first kappa shape index (κ1) is 42.3. The third kappa shape index (κ3) is 9.67. The standard InChI is InChI=1S/C13H18N4O3.C10H14N4O2.C7H8N4O2.C2H6BI/c1-9(18)6-4-5-7-17-12(19)10-11(14-8-15(10)2)16(3)13(17)20;1-6(2)4-14-8-7(11-5-12-8)9(15)13(3)10(14)16;1-10-5-4(8-3-9-5)6(12)11(2)7(10)13;1-3(2)4/h8H,4-7H2,1-3H3;5-6H,4H2,1-3H3,(H,11,12);3H,1-2H3,(H,8,9);1-2H3. The van der Waals surface area contributed by atoms with Gasteiger partial charge in [-0.15, -0.1) is 0 Å². The lowest BCUT2D eigenvalue weighted by Gasteiger charge is -2.10. The number of H-pyrrole nitrogens is 2. The molecule has 0 amide bonds. The van der Waals surface area contributed by atoms with Crippen molar-refractivity contribution in [2.45, 2.75) is 66.8 Å². The number of imidazole rings is 3. The third-order valence-corrected chi connectivity index (χ3v) is 7.85. The molecule has 0 bridgehead atoms. The highest BCUT2D eigenvalue weighted by molar-refractivity contribution is 14.1. The minimum Gasteiger partial charge on any atom is -0.339 e. The van der Waals surface area contributed by atoms with Crippen LogP contribution in [0.3, 0.4) is 0 Å². The topological polar surface area (TPSA) is 224 Å². The Morgan fingerprint density at radius 1 is 0.717 bits per heavy atom. The van der Waals surface area contributed by atoms with Gasteiger partial charge in [0.15, 0.2) is 22.5 Å². The number of hydrogen-bond acceptors (Lipinski definition) is 10. The first-order valence-corrected chi connectivity index (χ1v) is 18.0. The summed E-state index contributed by atoms with van der Waals surface area (Å²) in [6.07, 6.45) is 6.12. The molecule has 21 heteroatoms. The molecular formula is C32H46BIN12O7. The maximum absolute atomic E-state index is 12.3. The summed E-state index contributed by atoms with van der Waals surface area (Å²) in [5.41, 5.74) is 0.273. The summed E-state index contributed by atoms with van der Waals surface area (Å²) in [5.74, 6) is 0.433. The second-order valence-electron chi connectivity index (χ2n) is 13.1. The van der Waals surface area contributed by atoms with Gasteiger partial charge in [0, 0.05) is 54.7 Å². The highest BCUT2D eigenvalue weighted by atomic mass is 127. The number of aryl methyl sites for hydroxylation is 3. The predicted molar refractivity (Wildman–Crippen MR) is 213 cm³/mol. The van der Waals surface area contributed by atoms with Crippen LogP contribution in [0.5, 0.6) is 0 Å². The number of ketones is 1. The average Bonchev–Trinajstić information content (AvgIpc) is 3.87. The van der Waals surface area contributed by atoms with Crippen molar-refractivity contribution in [2.24, 2.45) is 41.2 Å². The van der Waals surface area contributed by atoms with Gasteiger partial charge in [0.05, 0.1) is 19.0 Å². The monoisotopic (exact) mass is 848 g/mol. The average molecular weight is 849 g/mol. The zero-order valence-electron chi connectivity index (χ0n) is 31.6. The van der Waals surface area contributed by atoms with Crippen LogP contribution in [0.25, 0.3) is 33.5 Å². The van der Waals surface area contributed by atoms with Gasteiger partial charge in [-0.1, -0.05) is 27.5 Å². The van der Waals surface area contributed by atoms with Crippen LogP contribution >= 0.6 is 22.4 Å². The zero-order chi connectivity index (χ0) is 39.9. The van der Waals surface area contributed by atoms with E-state index in [0.717, 1.165) is 13.7 Å². The number of aromatic nitrogens is 12. The van der Waals surface area contributed by atoms with E-state index in [1.165, 1.54) is 58.3 Å². The number of unbranched alkanes of at least 4 members (excludes halogenated alkanes) is 1. The van der Waals surface area contributed by atoms with Crippen molar-refractivity contribution in [3.8, 4) is 0 Å². The molecule has 0 fully saturated rings. The molecule has 0 aliphatic rings. The number of rotatable bonds is 7. The highest BCUT2D eigenvalue weighted by Crippen LogP contribution is 2.05. The maximum Gasteiger partial charge on any atom is 0.332 e. The molecule has 0 saturated heterocycles. The van der Waals surface area contributed by atoms with Crippen LogP contribution in [0.15, 0.2) is 47.7 Å². The fourth-order valence-corrected chi connectivity index (χ4v) is 5.21. The Morgan fingerprint density at radius 3 is 1.75 bits per heavy atom. The van der Waals surface area contributed by atoms with Crippen LogP contribution in [0.2, 0.25) is 13.6 Å². The molecule has 0 saturated carbocycles. The number of aromatic amines is 2. The van der Waals surface area contributed by atoms with Crippen molar-refractivity contribution >= 4 is 66.2 Å². The van der Waals surface area contributed by atoms with Gasteiger partial charge in [0.1, 0.15) is 16.8 Å². The van der Waals surface area contributed by atoms with E-state index in [1.807, 2.05) is 13.8 Å². The molecule has 53 heavy (non-hydrogen) atoms.